The highest BCUT2D eigenvalue weighted by atomic mass is 14.7. The smallest absolute Gasteiger partial charge is 0.0162 e. The minimum Gasteiger partial charge on any atom is -0.329 e. The quantitative estimate of drug-likeness (QED) is 0.635. The van der Waals surface area contributed by atoms with Crippen molar-refractivity contribution in [3.63, 3.8) is 0 Å². The zero-order valence-corrected chi connectivity index (χ0v) is 8.13. The summed E-state index contributed by atoms with van der Waals surface area (Å²) in [6.07, 6.45) is 10.7. The molecule has 1 atom stereocenters. The van der Waals surface area contributed by atoms with Crippen LogP contribution in [0.1, 0.15) is 39.0 Å². The van der Waals surface area contributed by atoms with Crippen LogP contribution in [0.15, 0.2) is 12.2 Å². The molecule has 0 fully saturated rings. The van der Waals surface area contributed by atoms with Gasteiger partial charge in [0.25, 0.3) is 0 Å². The third-order valence-electron chi connectivity index (χ3n) is 1.87. The molecule has 1 aliphatic rings. The lowest BCUT2D eigenvalue weighted by molar-refractivity contribution is 0.612. The average molecular weight is 170 g/mol. The van der Waals surface area contributed by atoms with E-state index < -0.39 is 0 Å². The molecule has 0 radical (unpaired) electrons. The molecule has 1 rings (SSSR count). The molecule has 0 amide bonds. The largest absolute Gasteiger partial charge is 0.329 e. The van der Waals surface area contributed by atoms with Gasteiger partial charge in [-0.25, -0.2) is 0 Å². The van der Waals surface area contributed by atoms with Gasteiger partial charge in [0.1, 0.15) is 0 Å². The fourth-order valence-electron chi connectivity index (χ4n) is 1.08. The summed E-state index contributed by atoms with van der Waals surface area (Å²) < 4.78 is 0. The van der Waals surface area contributed by atoms with E-state index in [9.17, 15) is 0 Å². The molecule has 2 heteroatoms. The first-order chi connectivity index (χ1) is 5.81. The zero-order chi connectivity index (χ0) is 9.23. The fourth-order valence-corrected chi connectivity index (χ4v) is 1.08. The second-order valence-corrected chi connectivity index (χ2v) is 3.19. The Labute approximate surface area is 76.0 Å². The molecule has 0 heterocycles. The Morgan fingerprint density at radius 2 is 1.92 bits per heavy atom. The maximum atomic E-state index is 5.46. The van der Waals surface area contributed by atoms with Gasteiger partial charge in [0, 0.05) is 12.6 Å². The van der Waals surface area contributed by atoms with Gasteiger partial charge in [0.15, 0.2) is 0 Å². The van der Waals surface area contributed by atoms with Crippen molar-refractivity contribution in [1.29, 1.82) is 0 Å². The molecule has 0 aliphatic heterocycles. The minimum absolute atomic E-state index is 0.227. The lowest BCUT2D eigenvalue weighted by Crippen LogP contribution is -2.28. The Morgan fingerprint density at radius 3 is 2.08 bits per heavy atom. The van der Waals surface area contributed by atoms with Crippen LogP contribution in [-0.2, 0) is 0 Å². The van der Waals surface area contributed by atoms with Gasteiger partial charge in [-0.2, -0.15) is 0 Å². The van der Waals surface area contributed by atoms with Crippen LogP contribution in [-0.4, -0.2) is 12.6 Å². The predicted octanol–water partition coefficient (Wildman–Crippen LogP) is 1.80. The molecule has 0 aromatic heterocycles. The molecule has 4 N–H and O–H groups in total. The van der Waals surface area contributed by atoms with Gasteiger partial charge in [-0.1, -0.05) is 25.5 Å². The zero-order valence-electron chi connectivity index (χ0n) is 8.13. The second-order valence-electron chi connectivity index (χ2n) is 3.19. The molecule has 1 unspecified atom stereocenters. The molecule has 0 aromatic rings. The average Bonchev–Trinajstić information content (AvgIpc) is 2.62. The third-order valence-corrected chi connectivity index (χ3v) is 1.87. The number of nitrogens with two attached hydrogens (primary N) is 2. The van der Waals surface area contributed by atoms with Crippen molar-refractivity contribution < 1.29 is 0 Å². The molecule has 0 aromatic carbocycles. The SMILES string of the molecule is C1=CCCC1.CCCC(N)CN. The highest BCUT2D eigenvalue weighted by Gasteiger charge is 1.93. The molecule has 0 bridgehead atoms. The summed E-state index contributed by atoms with van der Waals surface area (Å²) in [6.45, 7) is 2.73. The highest BCUT2D eigenvalue weighted by molar-refractivity contribution is 4.88. The molecular weight excluding hydrogens is 148 g/mol. The van der Waals surface area contributed by atoms with E-state index in [0.29, 0.717) is 6.54 Å². The van der Waals surface area contributed by atoms with Crippen LogP contribution >= 0.6 is 0 Å². The van der Waals surface area contributed by atoms with Crippen LogP contribution < -0.4 is 11.5 Å². The summed E-state index contributed by atoms with van der Waals surface area (Å²) in [4.78, 5) is 0. The van der Waals surface area contributed by atoms with Crippen molar-refractivity contribution in [2.75, 3.05) is 6.54 Å². The monoisotopic (exact) mass is 170 g/mol. The van der Waals surface area contributed by atoms with Crippen molar-refractivity contribution in [3.05, 3.63) is 12.2 Å². The van der Waals surface area contributed by atoms with Gasteiger partial charge in [-0.3, -0.25) is 0 Å². The Bertz CT molecular complexity index is 104. The molecule has 2 nitrogen and oxygen atoms in total. The Kier molecular flexibility index (Phi) is 8.51. The lowest BCUT2D eigenvalue weighted by Gasteiger charge is -2.03. The molecule has 0 spiro atoms. The Hall–Kier alpha value is -0.340. The van der Waals surface area contributed by atoms with Crippen LogP contribution in [0.4, 0.5) is 0 Å². The van der Waals surface area contributed by atoms with E-state index >= 15 is 0 Å². The first kappa shape index (κ1) is 11.7. The molecule has 12 heavy (non-hydrogen) atoms. The van der Waals surface area contributed by atoms with E-state index in [1.165, 1.54) is 19.3 Å². The van der Waals surface area contributed by atoms with Gasteiger partial charge >= 0.3 is 0 Å². The van der Waals surface area contributed by atoms with Gasteiger partial charge in [0.05, 0.1) is 0 Å². The predicted molar refractivity (Wildman–Crippen MR) is 54.9 cm³/mol. The van der Waals surface area contributed by atoms with Crippen molar-refractivity contribution in [3.8, 4) is 0 Å². The fraction of sp³-hybridized carbons (Fsp3) is 0.800. The number of rotatable bonds is 3. The number of hydrogen-bond donors (Lipinski definition) is 2. The first-order valence-corrected chi connectivity index (χ1v) is 4.92. The number of allylic oxidation sites excluding steroid dienone is 2. The van der Waals surface area contributed by atoms with Crippen LogP contribution in [0.3, 0.4) is 0 Å². The molecule has 1 aliphatic carbocycles. The van der Waals surface area contributed by atoms with E-state index in [4.69, 9.17) is 11.5 Å². The van der Waals surface area contributed by atoms with Gasteiger partial charge in [-0.05, 0) is 25.7 Å². The van der Waals surface area contributed by atoms with Crippen molar-refractivity contribution in [1.82, 2.24) is 0 Å². The maximum absolute atomic E-state index is 5.46. The third kappa shape index (κ3) is 7.76. The van der Waals surface area contributed by atoms with Crippen LogP contribution in [0.5, 0.6) is 0 Å². The van der Waals surface area contributed by atoms with Gasteiger partial charge in [0.2, 0.25) is 0 Å². The maximum Gasteiger partial charge on any atom is 0.0162 e. The Morgan fingerprint density at radius 1 is 1.33 bits per heavy atom. The molecule has 0 saturated heterocycles. The Balaban J connectivity index is 0.000000211. The van der Waals surface area contributed by atoms with E-state index in [1.54, 1.807) is 0 Å². The standard InChI is InChI=1S/C5H14N2.C5H8/c1-2-3-5(7)4-6;1-2-4-5-3-1/h5H,2-4,6-7H2,1H3;1-2H,3-5H2. The topological polar surface area (TPSA) is 52.0 Å². The summed E-state index contributed by atoms with van der Waals surface area (Å²) in [5.41, 5.74) is 10.7. The summed E-state index contributed by atoms with van der Waals surface area (Å²) in [5, 5.41) is 0. The summed E-state index contributed by atoms with van der Waals surface area (Å²) in [5.74, 6) is 0. The van der Waals surface area contributed by atoms with Crippen LogP contribution in [0.2, 0.25) is 0 Å². The molecule has 72 valence electrons. The summed E-state index contributed by atoms with van der Waals surface area (Å²) in [6, 6.07) is 0.227. The first-order valence-electron chi connectivity index (χ1n) is 4.92. The van der Waals surface area contributed by atoms with Crippen LogP contribution in [0, 0.1) is 0 Å². The van der Waals surface area contributed by atoms with Crippen LogP contribution in [0.25, 0.3) is 0 Å². The van der Waals surface area contributed by atoms with Gasteiger partial charge < -0.3 is 11.5 Å². The summed E-state index contributed by atoms with van der Waals surface area (Å²) >= 11 is 0. The summed E-state index contributed by atoms with van der Waals surface area (Å²) in [7, 11) is 0. The van der Waals surface area contributed by atoms with Crippen molar-refractivity contribution in [2.24, 2.45) is 11.5 Å². The normalized spacial score (nSPS) is 16.9. The van der Waals surface area contributed by atoms with Crippen molar-refractivity contribution in [2.45, 2.75) is 45.1 Å². The van der Waals surface area contributed by atoms with E-state index in [2.05, 4.69) is 19.1 Å². The molecule has 0 saturated carbocycles. The van der Waals surface area contributed by atoms with E-state index in [-0.39, 0.29) is 6.04 Å². The molecular formula is C10H22N2. The van der Waals surface area contributed by atoms with Crippen molar-refractivity contribution >= 4 is 0 Å². The second kappa shape index (κ2) is 8.75. The van der Waals surface area contributed by atoms with Gasteiger partial charge in [-0.15, -0.1) is 0 Å². The highest BCUT2D eigenvalue weighted by Crippen LogP contribution is 2.05. The van der Waals surface area contributed by atoms with E-state index in [0.717, 1.165) is 12.8 Å². The van der Waals surface area contributed by atoms with E-state index in [1.807, 2.05) is 0 Å². The minimum atomic E-state index is 0.227. The number of hydrogen-bond acceptors (Lipinski definition) is 2. The lowest BCUT2D eigenvalue weighted by atomic mass is 10.2.